The first-order valence-corrected chi connectivity index (χ1v) is 7.02. The number of pyridine rings is 1. The summed E-state index contributed by atoms with van der Waals surface area (Å²) in [4.78, 5) is 14.2. The molecule has 0 aliphatic heterocycles. The molecule has 1 aromatic carbocycles. The second kappa shape index (κ2) is 8.57. The Morgan fingerprint density at radius 2 is 1.71 bits per heavy atom. The van der Waals surface area contributed by atoms with Crippen LogP contribution in [0.25, 0.3) is 0 Å². The summed E-state index contributed by atoms with van der Waals surface area (Å²) in [6, 6.07) is 13.9. The topological polar surface area (TPSA) is 24.2 Å². The molecule has 21 heavy (non-hydrogen) atoms. The maximum Gasteiger partial charge on any atom is 0.233 e. The lowest BCUT2D eigenvalue weighted by Crippen LogP contribution is -3.00. The average molecular weight is 349 g/mol. The minimum absolute atomic E-state index is 0. The van der Waals surface area contributed by atoms with Gasteiger partial charge in [-0.1, -0.05) is 18.2 Å². The van der Waals surface area contributed by atoms with Crippen LogP contribution in [0.2, 0.25) is 0 Å². The average Bonchev–Trinajstić information content (AvgIpc) is 2.48. The van der Waals surface area contributed by atoms with Gasteiger partial charge in [-0.05, 0) is 31.5 Å². The minimum atomic E-state index is 0. The number of hydrogen-bond donors (Lipinski definition) is 0. The van der Waals surface area contributed by atoms with Gasteiger partial charge in [0, 0.05) is 24.4 Å². The monoisotopic (exact) mass is 348 g/mol. The summed E-state index contributed by atoms with van der Waals surface area (Å²) in [5.74, 6) is 0.159. The number of rotatable bonds is 5. The Labute approximate surface area is 137 Å². The van der Waals surface area contributed by atoms with Gasteiger partial charge >= 0.3 is 0 Å². The lowest BCUT2D eigenvalue weighted by atomic mass is 10.2. The van der Waals surface area contributed by atoms with E-state index in [0.29, 0.717) is 19.5 Å². The molecule has 1 aromatic heterocycles. The van der Waals surface area contributed by atoms with E-state index in [1.807, 2.05) is 59.1 Å². The van der Waals surface area contributed by atoms with Crippen molar-refractivity contribution in [1.29, 1.82) is 0 Å². The van der Waals surface area contributed by atoms with Gasteiger partial charge in [0.1, 0.15) is 0 Å². The molecule has 0 bridgehead atoms. The highest BCUT2D eigenvalue weighted by atomic mass is 79.9. The predicted molar refractivity (Wildman–Crippen MR) is 80.5 cm³/mol. The van der Waals surface area contributed by atoms with Gasteiger partial charge in [-0.25, -0.2) is 4.57 Å². The highest BCUT2D eigenvalue weighted by Gasteiger charge is 2.15. The van der Waals surface area contributed by atoms with Gasteiger partial charge in [-0.2, -0.15) is 0 Å². The maximum absolute atomic E-state index is 12.3. The van der Waals surface area contributed by atoms with Crippen LogP contribution in [0.3, 0.4) is 0 Å². The van der Waals surface area contributed by atoms with Crippen molar-refractivity contribution in [2.75, 3.05) is 11.4 Å². The van der Waals surface area contributed by atoms with E-state index >= 15 is 0 Å². The van der Waals surface area contributed by atoms with Crippen LogP contribution in [0.5, 0.6) is 0 Å². The molecule has 0 atom stereocenters. The molecule has 1 amide bonds. The summed E-state index contributed by atoms with van der Waals surface area (Å²) in [6.07, 6.45) is 4.54. The van der Waals surface area contributed by atoms with E-state index in [2.05, 4.69) is 19.1 Å². The zero-order valence-corrected chi connectivity index (χ0v) is 14.1. The van der Waals surface area contributed by atoms with E-state index in [1.165, 1.54) is 5.56 Å². The smallest absolute Gasteiger partial charge is 0.233 e. The number of nitrogens with zero attached hydrogens (tertiary/aromatic N) is 2. The highest BCUT2D eigenvalue weighted by molar-refractivity contribution is 5.93. The molecule has 0 radical (unpaired) electrons. The number of carbonyl (C=O) groups excluding carboxylic acids is 1. The fourth-order valence-corrected chi connectivity index (χ4v) is 2.15. The van der Waals surface area contributed by atoms with Crippen molar-refractivity contribution in [3.8, 4) is 0 Å². The number of halogens is 1. The molecule has 0 fully saturated rings. The Balaban J connectivity index is 0.00000220. The summed E-state index contributed by atoms with van der Waals surface area (Å²) < 4.78 is 2.05. The van der Waals surface area contributed by atoms with Crippen molar-refractivity contribution < 1.29 is 26.3 Å². The first-order valence-electron chi connectivity index (χ1n) is 7.02. The maximum atomic E-state index is 12.3. The molecule has 0 aliphatic carbocycles. The van der Waals surface area contributed by atoms with Crippen LogP contribution in [0, 0.1) is 6.92 Å². The minimum Gasteiger partial charge on any atom is -1.00 e. The molecule has 2 rings (SSSR count). The number of aryl methyl sites for hydroxylation is 2. The quantitative estimate of drug-likeness (QED) is 0.682. The fourth-order valence-electron chi connectivity index (χ4n) is 2.15. The number of carbonyl (C=O) groups is 1. The number of para-hydroxylation sites is 1. The van der Waals surface area contributed by atoms with Crippen molar-refractivity contribution in [2.45, 2.75) is 26.8 Å². The Morgan fingerprint density at radius 1 is 1.10 bits per heavy atom. The largest absolute Gasteiger partial charge is 1.00 e. The predicted octanol–water partition coefficient (Wildman–Crippen LogP) is -0.270. The number of hydrogen-bond acceptors (Lipinski definition) is 1. The van der Waals surface area contributed by atoms with Gasteiger partial charge in [0.05, 0.1) is 6.42 Å². The fraction of sp³-hybridized carbons (Fsp3) is 0.294. The van der Waals surface area contributed by atoms with Crippen LogP contribution < -0.4 is 26.4 Å². The van der Waals surface area contributed by atoms with Crippen LogP contribution in [0.15, 0.2) is 54.9 Å². The Morgan fingerprint density at radius 3 is 2.29 bits per heavy atom. The van der Waals surface area contributed by atoms with Gasteiger partial charge in [0.25, 0.3) is 0 Å². The van der Waals surface area contributed by atoms with Crippen molar-refractivity contribution >= 4 is 11.6 Å². The molecule has 2 aromatic rings. The number of anilines is 1. The van der Waals surface area contributed by atoms with Crippen molar-refractivity contribution in [2.24, 2.45) is 0 Å². The second-order valence-electron chi connectivity index (χ2n) is 4.84. The third-order valence-electron chi connectivity index (χ3n) is 3.33. The number of amides is 1. The number of benzene rings is 1. The third-order valence-corrected chi connectivity index (χ3v) is 3.33. The van der Waals surface area contributed by atoms with E-state index in [-0.39, 0.29) is 22.9 Å². The lowest BCUT2D eigenvalue weighted by molar-refractivity contribution is -0.695. The molecule has 0 aliphatic rings. The van der Waals surface area contributed by atoms with Crippen molar-refractivity contribution in [3.05, 3.63) is 60.4 Å². The molecule has 3 nitrogen and oxygen atoms in total. The van der Waals surface area contributed by atoms with Gasteiger partial charge in [-0.3, -0.25) is 4.79 Å². The van der Waals surface area contributed by atoms with Crippen LogP contribution in [-0.2, 0) is 11.3 Å². The Kier molecular flexibility index (Phi) is 7.09. The van der Waals surface area contributed by atoms with Crippen molar-refractivity contribution in [1.82, 2.24) is 0 Å². The van der Waals surface area contributed by atoms with Gasteiger partial charge in [0.15, 0.2) is 18.9 Å². The first kappa shape index (κ1) is 17.4. The summed E-state index contributed by atoms with van der Waals surface area (Å²) in [5.41, 5.74) is 2.20. The molecule has 4 heteroatoms. The standard InChI is InChI=1S/C17H21N2O.BrH/c1-3-19(16-7-5-4-6-8-16)17(20)11-14-18-12-9-15(2)10-13-18;/h4-10,12-13H,3,11,14H2,1-2H3;1H/q+1;/p-1. The molecular weight excluding hydrogens is 328 g/mol. The summed E-state index contributed by atoms with van der Waals surface area (Å²) in [7, 11) is 0. The summed E-state index contributed by atoms with van der Waals surface area (Å²) in [6.45, 7) is 5.47. The SMILES string of the molecule is CCN(C(=O)CC[n+]1ccc(C)cc1)c1ccccc1.[Br-]. The van der Waals surface area contributed by atoms with E-state index in [1.54, 1.807) is 0 Å². The van der Waals surface area contributed by atoms with Crippen LogP contribution in [0.1, 0.15) is 18.9 Å². The van der Waals surface area contributed by atoms with Gasteiger partial charge in [0.2, 0.25) is 5.91 Å². The zero-order valence-electron chi connectivity index (χ0n) is 12.5. The normalized spacial score (nSPS) is 9.81. The van der Waals surface area contributed by atoms with Crippen LogP contribution in [0.4, 0.5) is 5.69 Å². The molecular formula is C17H21BrN2O. The van der Waals surface area contributed by atoms with Gasteiger partial charge in [-0.15, -0.1) is 0 Å². The Bertz CT molecular complexity index is 555. The van der Waals surface area contributed by atoms with E-state index < -0.39 is 0 Å². The van der Waals surface area contributed by atoms with Crippen LogP contribution in [-0.4, -0.2) is 12.5 Å². The van der Waals surface area contributed by atoms with E-state index in [0.717, 1.165) is 5.69 Å². The first-order chi connectivity index (χ1) is 9.70. The van der Waals surface area contributed by atoms with E-state index in [4.69, 9.17) is 0 Å². The third kappa shape index (κ3) is 4.97. The molecule has 112 valence electrons. The van der Waals surface area contributed by atoms with Gasteiger partial charge < -0.3 is 21.9 Å². The van der Waals surface area contributed by atoms with Crippen molar-refractivity contribution in [3.63, 3.8) is 0 Å². The zero-order chi connectivity index (χ0) is 14.4. The molecule has 1 heterocycles. The molecule has 0 saturated carbocycles. The highest BCUT2D eigenvalue weighted by Crippen LogP contribution is 2.13. The lowest BCUT2D eigenvalue weighted by Gasteiger charge is -2.20. The molecule has 0 N–H and O–H groups in total. The number of aromatic nitrogens is 1. The summed E-state index contributed by atoms with van der Waals surface area (Å²) in [5, 5.41) is 0. The van der Waals surface area contributed by atoms with Crippen LogP contribution >= 0.6 is 0 Å². The molecule has 0 saturated heterocycles. The summed E-state index contributed by atoms with van der Waals surface area (Å²) >= 11 is 0. The molecule has 0 unspecified atom stereocenters. The van der Waals surface area contributed by atoms with E-state index in [9.17, 15) is 4.79 Å². The Hall–Kier alpha value is -1.68. The second-order valence-corrected chi connectivity index (χ2v) is 4.84. The molecule has 0 spiro atoms.